The Bertz CT molecular complexity index is 956. The highest BCUT2D eigenvalue weighted by atomic mass is 28.4. The summed E-state index contributed by atoms with van der Waals surface area (Å²) in [6.07, 6.45) is -1.65. The van der Waals surface area contributed by atoms with Gasteiger partial charge in [-0.2, -0.15) is 0 Å². The Morgan fingerprint density at radius 2 is 1.67 bits per heavy atom. The molecule has 1 aromatic carbocycles. The van der Waals surface area contributed by atoms with Crippen molar-refractivity contribution in [2.45, 2.75) is 51.4 Å². The molecule has 1 atom stereocenters. The van der Waals surface area contributed by atoms with Gasteiger partial charge in [0.2, 0.25) is 0 Å². The lowest BCUT2D eigenvalue weighted by atomic mass is 10.1. The smallest absolute Gasteiger partial charge is 0.410 e. The van der Waals surface area contributed by atoms with E-state index in [0.29, 0.717) is 19.6 Å². The quantitative estimate of drug-likeness (QED) is 0.450. The summed E-state index contributed by atoms with van der Waals surface area (Å²) in [4.78, 5) is 37.8. The number of primary amides is 2. The van der Waals surface area contributed by atoms with Crippen molar-refractivity contribution in [3.63, 3.8) is 0 Å². The molecular weight excluding hydrogens is 446 g/mol. The van der Waals surface area contributed by atoms with Gasteiger partial charge in [-0.1, -0.05) is 32.9 Å². The minimum atomic E-state index is -2.04. The third-order valence-electron chi connectivity index (χ3n) is 5.98. The van der Waals surface area contributed by atoms with Gasteiger partial charge >= 0.3 is 12.2 Å². The average molecular weight is 480 g/mol. The van der Waals surface area contributed by atoms with Crippen LogP contribution in [0.3, 0.4) is 0 Å². The Balaban J connectivity index is 2.41. The molecule has 1 aliphatic rings. The molecule has 1 heterocycles. The number of carbonyl (C=O) groups is 3. The lowest BCUT2D eigenvalue weighted by Crippen LogP contribution is -2.46. The maximum Gasteiger partial charge on any atom is 0.410 e. The van der Waals surface area contributed by atoms with Gasteiger partial charge in [0.25, 0.3) is 5.91 Å². The van der Waals surface area contributed by atoms with E-state index in [4.69, 9.17) is 30.1 Å². The fourth-order valence-electron chi connectivity index (χ4n) is 3.19. The lowest BCUT2D eigenvalue weighted by Gasteiger charge is -2.38. The van der Waals surface area contributed by atoms with Crippen LogP contribution in [0.2, 0.25) is 18.1 Å². The molecule has 1 aromatic rings. The van der Waals surface area contributed by atoms with Crippen LogP contribution in [0.1, 0.15) is 37.6 Å². The molecule has 3 amide bonds. The van der Waals surface area contributed by atoms with E-state index in [1.807, 2.05) is 0 Å². The number of rotatable bonds is 7. The number of benzene rings is 1. The number of nitrogens with two attached hydrogens (primary N) is 2. The van der Waals surface area contributed by atoms with Crippen LogP contribution in [0, 0.1) is 0 Å². The average Bonchev–Trinajstić information content (AvgIpc) is 3.05. The number of hydrogen-bond donors (Lipinski definition) is 2. The fraction of sp³-hybridized carbons (Fsp3) is 0.500. The highest BCUT2D eigenvalue weighted by molar-refractivity contribution is 6.74. The number of amides is 3. The van der Waals surface area contributed by atoms with E-state index in [-0.39, 0.29) is 33.9 Å². The van der Waals surface area contributed by atoms with E-state index < -0.39 is 26.4 Å². The molecule has 1 aliphatic heterocycles. The number of carbonyl (C=O) groups excluding carboxylic acids is 3. The molecule has 0 bridgehead atoms. The molecule has 182 valence electrons. The van der Waals surface area contributed by atoms with E-state index in [1.165, 1.54) is 13.2 Å². The Labute approximate surface area is 194 Å². The Morgan fingerprint density at radius 3 is 2.18 bits per heavy atom. The summed E-state index contributed by atoms with van der Waals surface area (Å²) in [6, 6.07) is 2.23. The first-order valence-electron chi connectivity index (χ1n) is 10.4. The highest BCUT2D eigenvalue weighted by Gasteiger charge is 2.40. The summed E-state index contributed by atoms with van der Waals surface area (Å²) in [7, 11) is -0.710. The zero-order chi connectivity index (χ0) is 25.1. The summed E-state index contributed by atoms with van der Waals surface area (Å²) < 4.78 is 21.5. The molecule has 0 aromatic heterocycles. The summed E-state index contributed by atoms with van der Waals surface area (Å²) >= 11 is 0. The number of methoxy groups -OCH3 is 1. The standard InChI is InChI=1S/C22H33N3O7Si/c1-13-8-14(12-30-33(6,7)22(2,3)4)25(11-13)19(26)15-9-17(29-5)18(32-21(24)28)10-16(15)31-20(23)27/h9-10,14H,1,8,11-12H2,2-7H3,(H2,23,27)(H2,24,28)/t14-/m0/s1. The Morgan fingerprint density at radius 1 is 1.09 bits per heavy atom. The summed E-state index contributed by atoms with van der Waals surface area (Å²) in [5, 5.41) is 0.0174. The summed E-state index contributed by atoms with van der Waals surface area (Å²) in [6.45, 7) is 15.4. The molecule has 0 saturated carbocycles. The minimum Gasteiger partial charge on any atom is -0.493 e. The molecule has 0 unspecified atom stereocenters. The van der Waals surface area contributed by atoms with Crippen LogP contribution in [-0.4, -0.2) is 57.6 Å². The van der Waals surface area contributed by atoms with Crippen molar-refractivity contribution in [2.24, 2.45) is 11.5 Å². The molecule has 1 saturated heterocycles. The van der Waals surface area contributed by atoms with Crippen LogP contribution in [0.4, 0.5) is 9.59 Å². The van der Waals surface area contributed by atoms with Crippen molar-refractivity contribution in [3.8, 4) is 17.2 Å². The third kappa shape index (κ3) is 6.26. The number of ether oxygens (including phenoxy) is 3. The molecule has 33 heavy (non-hydrogen) atoms. The molecule has 1 fully saturated rings. The Hall–Kier alpha value is -3.05. The van der Waals surface area contributed by atoms with Crippen LogP contribution in [-0.2, 0) is 4.43 Å². The molecule has 2 rings (SSSR count). The maximum absolute atomic E-state index is 13.5. The van der Waals surface area contributed by atoms with Crippen molar-refractivity contribution in [1.82, 2.24) is 4.90 Å². The van der Waals surface area contributed by atoms with Gasteiger partial charge in [-0.05, 0) is 24.6 Å². The molecule has 0 aliphatic carbocycles. The van der Waals surface area contributed by atoms with Crippen molar-refractivity contribution >= 4 is 26.4 Å². The summed E-state index contributed by atoms with van der Waals surface area (Å²) in [5.74, 6) is -0.689. The molecule has 4 N–H and O–H groups in total. The highest BCUT2D eigenvalue weighted by Crippen LogP contribution is 2.39. The number of hydrogen-bond acceptors (Lipinski definition) is 7. The molecular formula is C22H33N3O7Si. The van der Waals surface area contributed by atoms with Crippen LogP contribution < -0.4 is 25.7 Å². The maximum atomic E-state index is 13.5. The first-order chi connectivity index (χ1) is 15.2. The predicted molar refractivity (Wildman–Crippen MR) is 125 cm³/mol. The second-order valence-corrected chi connectivity index (χ2v) is 14.3. The molecule has 0 radical (unpaired) electrons. The molecule has 10 nitrogen and oxygen atoms in total. The van der Waals surface area contributed by atoms with Gasteiger partial charge in [-0.15, -0.1) is 0 Å². The molecule has 11 heteroatoms. The topological polar surface area (TPSA) is 143 Å². The van der Waals surface area contributed by atoms with Crippen molar-refractivity contribution in [2.75, 3.05) is 20.3 Å². The zero-order valence-corrected chi connectivity index (χ0v) is 21.0. The largest absolute Gasteiger partial charge is 0.493 e. The van der Waals surface area contributed by atoms with Crippen molar-refractivity contribution in [1.29, 1.82) is 0 Å². The number of likely N-dealkylation sites (tertiary alicyclic amines) is 1. The van der Waals surface area contributed by atoms with E-state index in [2.05, 4.69) is 40.4 Å². The van der Waals surface area contributed by atoms with Gasteiger partial charge < -0.3 is 35.0 Å². The van der Waals surface area contributed by atoms with E-state index >= 15 is 0 Å². The van der Waals surface area contributed by atoms with E-state index in [1.54, 1.807) is 4.90 Å². The zero-order valence-electron chi connectivity index (χ0n) is 20.0. The fourth-order valence-corrected chi connectivity index (χ4v) is 4.23. The van der Waals surface area contributed by atoms with Crippen LogP contribution in [0.25, 0.3) is 0 Å². The minimum absolute atomic E-state index is 0.00879. The van der Waals surface area contributed by atoms with Crippen LogP contribution in [0.5, 0.6) is 17.2 Å². The number of nitrogens with zero attached hydrogens (tertiary/aromatic N) is 1. The first kappa shape index (κ1) is 26.2. The van der Waals surface area contributed by atoms with Gasteiger partial charge in [-0.25, -0.2) is 9.59 Å². The van der Waals surface area contributed by atoms with E-state index in [0.717, 1.165) is 11.6 Å². The van der Waals surface area contributed by atoms with Crippen LogP contribution >= 0.6 is 0 Å². The first-order valence-corrected chi connectivity index (χ1v) is 13.3. The second kappa shape index (κ2) is 9.83. The SMILES string of the molecule is C=C1C[C@@H](CO[Si](C)(C)C(C)(C)C)N(C(=O)c2cc(OC)c(OC(N)=O)cc2OC(N)=O)C1. The predicted octanol–water partition coefficient (Wildman–Crippen LogP) is 3.40. The second-order valence-electron chi connectivity index (χ2n) is 9.45. The van der Waals surface area contributed by atoms with Gasteiger partial charge in [0.05, 0.1) is 25.3 Å². The summed E-state index contributed by atoms with van der Waals surface area (Å²) in [5.41, 5.74) is 11.1. The van der Waals surface area contributed by atoms with Gasteiger partial charge in [0.1, 0.15) is 5.75 Å². The third-order valence-corrected chi connectivity index (χ3v) is 10.5. The van der Waals surface area contributed by atoms with Gasteiger partial charge in [-0.3, -0.25) is 4.79 Å². The van der Waals surface area contributed by atoms with Crippen LogP contribution in [0.15, 0.2) is 24.3 Å². The van der Waals surface area contributed by atoms with E-state index in [9.17, 15) is 14.4 Å². The monoisotopic (exact) mass is 479 g/mol. The Kier molecular flexibility index (Phi) is 7.81. The van der Waals surface area contributed by atoms with Crippen molar-refractivity contribution < 1.29 is 33.0 Å². The molecule has 0 spiro atoms. The van der Waals surface area contributed by atoms with Crippen molar-refractivity contribution in [3.05, 3.63) is 29.8 Å². The van der Waals surface area contributed by atoms with Gasteiger partial charge in [0.15, 0.2) is 19.8 Å². The normalized spacial score (nSPS) is 16.5. The lowest BCUT2D eigenvalue weighted by molar-refractivity contribution is 0.0682. The van der Waals surface area contributed by atoms with Gasteiger partial charge in [0, 0.05) is 18.7 Å².